The average molecular weight is 385 g/mol. The maximum Gasteiger partial charge on any atom is 0.311 e. The van der Waals surface area contributed by atoms with Crippen LogP contribution in [-0.2, 0) is 14.4 Å². The second-order valence-electron chi connectivity index (χ2n) is 7.59. The number of hydrogen-bond donors (Lipinski definition) is 1. The molecule has 1 fully saturated rings. The summed E-state index contributed by atoms with van der Waals surface area (Å²) in [5.41, 5.74) is 0.965. The largest absolute Gasteiger partial charge is 0.481 e. The molecular formula is C24H19NO4. The highest BCUT2D eigenvalue weighted by molar-refractivity contribution is 6.27. The molecule has 1 aliphatic heterocycles. The van der Waals surface area contributed by atoms with E-state index in [1.807, 2.05) is 55.5 Å². The maximum absolute atomic E-state index is 12.5. The Morgan fingerprint density at radius 3 is 2.21 bits per heavy atom. The van der Waals surface area contributed by atoms with Crippen molar-refractivity contribution in [3.63, 3.8) is 0 Å². The number of nitrogens with zero attached hydrogens (tertiary/aromatic N) is 1. The summed E-state index contributed by atoms with van der Waals surface area (Å²) in [6.45, 7) is 1.81. The second kappa shape index (κ2) is 6.27. The molecule has 29 heavy (non-hydrogen) atoms. The minimum atomic E-state index is -0.956. The van der Waals surface area contributed by atoms with Crippen LogP contribution in [0.2, 0.25) is 0 Å². The summed E-state index contributed by atoms with van der Waals surface area (Å²) in [7, 11) is 0. The van der Waals surface area contributed by atoms with Crippen LogP contribution in [0.3, 0.4) is 0 Å². The molecule has 1 N–H and O–H groups in total. The van der Waals surface area contributed by atoms with Crippen molar-refractivity contribution in [2.45, 2.75) is 32.1 Å². The van der Waals surface area contributed by atoms with Gasteiger partial charge in [0.25, 0.3) is 0 Å². The van der Waals surface area contributed by atoms with Crippen LogP contribution in [-0.4, -0.2) is 22.9 Å². The van der Waals surface area contributed by atoms with E-state index in [4.69, 9.17) is 0 Å². The van der Waals surface area contributed by atoms with Gasteiger partial charge < -0.3 is 5.11 Å². The number of carbonyl (C=O) groups excluding carboxylic acids is 2. The summed E-state index contributed by atoms with van der Waals surface area (Å²) >= 11 is 0. The fraction of sp³-hybridized carbons (Fsp3) is 0.208. The summed E-state index contributed by atoms with van der Waals surface area (Å²) in [6.07, 6.45) is 0.683. The summed E-state index contributed by atoms with van der Waals surface area (Å²) in [5, 5.41) is 15.8. The van der Waals surface area contributed by atoms with E-state index in [0.717, 1.165) is 32.3 Å². The number of imide groups is 1. The molecular weight excluding hydrogens is 366 g/mol. The quantitative estimate of drug-likeness (QED) is 0.404. The van der Waals surface area contributed by atoms with E-state index >= 15 is 0 Å². The third-order valence-electron chi connectivity index (χ3n) is 6.01. The molecule has 1 aliphatic rings. The third kappa shape index (κ3) is 2.43. The Morgan fingerprint density at radius 1 is 0.966 bits per heavy atom. The molecule has 0 bridgehead atoms. The van der Waals surface area contributed by atoms with Gasteiger partial charge in [-0.1, -0.05) is 49.4 Å². The standard InChI is InChI=1S/C24H19NO4/c1-2-16(24(28)29)23-17-9-8-14-5-3-4-13-6-7-15(22(17)21(13)14)12-18(23)25-19(26)10-11-20(25)27/h3-9,12,16H,2,10-11H2,1H3,(H,28,29). The molecule has 0 aliphatic carbocycles. The summed E-state index contributed by atoms with van der Waals surface area (Å²) in [6, 6.07) is 15.8. The molecule has 1 saturated heterocycles. The Bertz CT molecular complexity index is 1290. The number of benzene rings is 4. The van der Waals surface area contributed by atoms with Gasteiger partial charge in [-0.25, -0.2) is 0 Å². The maximum atomic E-state index is 12.5. The lowest BCUT2D eigenvalue weighted by Crippen LogP contribution is -2.30. The van der Waals surface area contributed by atoms with Crippen LogP contribution >= 0.6 is 0 Å². The average Bonchev–Trinajstić information content (AvgIpc) is 3.05. The Morgan fingerprint density at radius 2 is 1.59 bits per heavy atom. The van der Waals surface area contributed by atoms with E-state index in [2.05, 4.69) is 0 Å². The minimum Gasteiger partial charge on any atom is -0.481 e. The predicted molar refractivity (Wildman–Crippen MR) is 113 cm³/mol. The first-order valence-electron chi connectivity index (χ1n) is 9.80. The second-order valence-corrected chi connectivity index (χ2v) is 7.59. The first kappa shape index (κ1) is 17.6. The lowest BCUT2D eigenvalue weighted by Gasteiger charge is -2.25. The molecule has 1 heterocycles. The van der Waals surface area contributed by atoms with Crippen molar-refractivity contribution in [2.24, 2.45) is 0 Å². The molecule has 1 atom stereocenters. The van der Waals surface area contributed by atoms with Gasteiger partial charge in [0, 0.05) is 12.8 Å². The van der Waals surface area contributed by atoms with E-state index in [0.29, 0.717) is 17.7 Å². The van der Waals surface area contributed by atoms with Crippen molar-refractivity contribution in [1.29, 1.82) is 0 Å². The van der Waals surface area contributed by atoms with Crippen molar-refractivity contribution in [1.82, 2.24) is 0 Å². The van der Waals surface area contributed by atoms with Gasteiger partial charge in [-0.3, -0.25) is 19.3 Å². The van der Waals surface area contributed by atoms with Crippen molar-refractivity contribution in [3.8, 4) is 0 Å². The SMILES string of the molecule is CCC(C(=O)O)c1c(N2C(=O)CCC2=O)cc2ccc3cccc4ccc1c2c34. The van der Waals surface area contributed by atoms with E-state index in [1.165, 1.54) is 4.90 Å². The Balaban J connectivity index is 1.97. The topological polar surface area (TPSA) is 74.7 Å². The van der Waals surface area contributed by atoms with Gasteiger partial charge in [0.1, 0.15) is 0 Å². The first-order chi connectivity index (χ1) is 14.0. The molecule has 0 radical (unpaired) electrons. The van der Waals surface area contributed by atoms with Gasteiger partial charge in [0.15, 0.2) is 0 Å². The zero-order valence-electron chi connectivity index (χ0n) is 15.9. The van der Waals surface area contributed by atoms with Crippen LogP contribution in [0.4, 0.5) is 5.69 Å². The van der Waals surface area contributed by atoms with Gasteiger partial charge in [-0.2, -0.15) is 0 Å². The van der Waals surface area contributed by atoms with E-state index in [1.54, 1.807) is 0 Å². The molecule has 0 saturated carbocycles. The number of carbonyl (C=O) groups is 3. The van der Waals surface area contributed by atoms with Gasteiger partial charge in [0.05, 0.1) is 11.6 Å². The Kier molecular flexibility index (Phi) is 3.81. The molecule has 0 aromatic heterocycles. The third-order valence-corrected chi connectivity index (χ3v) is 6.01. The fourth-order valence-corrected chi connectivity index (χ4v) is 4.72. The molecule has 2 amide bonds. The van der Waals surface area contributed by atoms with Crippen molar-refractivity contribution in [2.75, 3.05) is 4.90 Å². The van der Waals surface area contributed by atoms with Crippen LogP contribution in [0, 0.1) is 0 Å². The van der Waals surface area contributed by atoms with Gasteiger partial charge >= 0.3 is 5.97 Å². The zero-order valence-corrected chi connectivity index (χ0v) is 15.9. The van der Waals surface area contributed by atoms with Crippen molar-refractivity contribution in [3.05, 3.63) is 54.1 Å². The monoisotopic (exact) mass is 385 g/mol. The molecule has 0 spiro atoms. The highest BCUT2D eigenvalue weighted by Gasteiger charge is 2.35. The Hall–Kier alpha value is -3.47. The molecule has 5 rings (SSSR count). The molecule has 5 nitrogen and oxygen atoms in total. The van der Waals surface area contributed by atoms with Crippen LogP contribution in [0.5, 0.6) is 0 Å². The normalized spacial score (nSPS) is 15.8. The highest BCUT2D eigenvalue weighted by Crippen LogP contribution is 2.44. The van der Waals surface area contributed by atoms with E-state index < -0.39 is 11.9 Å². The van der Waals surface area contributed by atoms with Crippen LogP contribution in [0.1, 0.15) is 37.7 Å². The fourth-order valence-electron chi connectivity index (χ4n) is 4.72. The lowest BCUT2D eigenvalue weighted by atomic mass is 9.85. The number of carboxylic acid groups (broad SMARTS) is 1. The summed E-state index contributed by atoms with van der Waals surface area (Å²) in [4.78, 5) is 38.4. The van der Waals surface area contributed by atoms with Gasteiger partial charge in [0.2, 0.25) is 11.8 Å². The van der Waals surface area contributed by atoms with Crippen molar-refractivity contribution >= 4 is 55.8 Å². The number of carboxylic acids is 1. The van der Waals surface area contributed by atoms with Gasteiger partial charge in [-0.05, 0) is 50.4 Å². The van der Waals surface area contributed by atoms with Gasteiger partial charge in [-0.15, -0.1) is 0 Å². The molecule has 1 unspecified atom stereocenters. The van der Waals surface area contributed by atoms with E-state index in [-0.39, 0.29) is 24.7 Å². The Labute approximate surface area is 166 Å². The minimum absolute atomic E-state index is 0.160. The lowest BCUT2D eigenvalue weighted by molar-refractivity contribution is -0.139. The van der Waals surface area contributed by atoms with Crippen molar-refractivity contribution < 1.29 is 19.5 Å². The number of aliphatic carboxylic acids is 1. The number of rotatable bonds is 4. The molecule has 4 aromatic rings. The van der Waals surface area contributed by atoms with E-state index in [9.17, 15) is 19.5 Å². The number of hydrogen-bond acceptors (Lipinski definition) is 3. The van der Waals surface area contributed by atoms with Crippen LogP contribution in [0.15, 0.2) is 48.5 Å². The molecule has 144 valence electrons. The summed E-state index contributed by atoms with van der Waals surface area (Å²) in [5.74, 6) is -2.31. The zero-order chi connectivity index (χ0) is 20.3. The number of anilines is 1. The molecule has 4 aromatic carbocycles. The van der Waals surface area contributed by atoms with Crippen LogP contribution in [0.25, 0.3) is 32.3 Å². The highest BCUT2D eigenvalue weighted by atomic mass is 16.4. The predicted octanol–water partition coefficient (Wildman–Crippen LogP) is 4.82. The smallest absolute Gasteiger partial charge is 0.311 e. The number of amides is 2. The summed E-state index contributed by atoms with van der Waals surface area (Å²) < 4.78 is 0. The molecule has 5 heteroatoms. The first-order valence-corrected chi connectivity index (χ1v) is 9.80. The van der Waals surface area contributed by atoms with Crippen LogP contribution < -0.4 is 4.90 Å².